The molecule has 1 atom stereocenters. The van der Waals surface area contributed by atoms with Crippen molar-refractivity contribution in [2.45, 2.75) is 59.9 Å². The molecule has 0 bridgehead atoms. The molecule has 1 N–H and O–H groups in total. The molecular weight excluding hydrogens is 218 g/mol. The highest BCUT2D eigenvalue weighted by Gasteiger charge is 2.05. The van der Waals surface area contributed by atoms with Crippen molar-refractivity contribution >= 4 is 0 Å². The van der Waals surface area contributed by atoms with Gasteiger partial charge in [0, 0.05) is 6.54 Å². The molecule has 0 aliphatic carbocycles. The Morgan fingerprint density at radius 3 is 2.50 bits per heavy atom. The maximum atomic E-state index is 3.61. The van der Waals surface area contributed by atoms with Gasteiger partial charge in [-0.1, -0.05) is 51.3 Å². The molecule has 0 amide bonds. The lowest BCUT2D eigenvalue weighted by Crippen LogP contribution is -2.22. The van der Waals surface area contributed by atoms with Crippen molar-refractivity contribution in [1.29, 1.82) is 0 Å². The summed E-state index contributed by atoms with van der Waals surface area (Å²) in [5.41, 5.74) is 4.18. The monoisotopic (exact) mass is 247 g/mol. The number of benzene rings is 1. The molecule has 1 heteroatoms. The Morgan fingerprint density at radius 1 is 1.11 bits per heavy atom. The van der Waals surface area contributed by atoms with Crippen molar-refractivity contribution in [2.24, 2.45) is 5.92 Å². The van der Waals surface area contributed by atoms with Gasteiger partial charge in [-0.15, -0.1) is 0 Å². The van der Waals surface area contributed by atoms with Crippen LogP contribution >= 0.6 is 0 Å². The molecule has 0 spiro atoms. The van der Waals surface area contributed by atoms with Crippen LogP contribution in [-0.4, -0.2) is 6.54 Å². The summed E-state index contributed by atoms with van der Waals surface area (Å²) in [6, 6.07) is 6.76. The van der Waals surface area contributed by atoms with Gasteiger partial charge in [0.15, 0.2) is 0 Å². The first kappa shape index (κ1) is 15.2. The summed E-state index contributed by atoms with van der Waals surface area (Å²) in [6.45, 7) is 11.1. The van der Waals surface area contributed by atoms with E-state index in [-0.39, 0.29) is 0 Å². The van der Waals surface area contributed by atoms with E-state index in [0.717, 1.165) is 19.0 Å². The van der Waals surface area contributed by atoms with Crippen LogP contribution in [0, 0.1) is 19.8 Å². The first-order valence-corrected chi connectivity index (χ1v) is 7.44. The van der Waals surface area contributed by atoms with Gasteiger partial charge in [-0.25, -0.2) is 0 Å². The van der Waals surface area contributed by atoms with Crippen LogP contribution in [0.15, 0.2) is 18.2 Å². The third-order valence-electron chi connectivity index (χ3n) is 3.88. The van der Waals surface area contributed by atoms with Gasteiger partial charge in [-0.2, -0.15) is 0 Å². The molecule has 0 saturated heterocycles. The first-order valence-electron chi connectivity index (χ1n) is 7.44. The smallest absolute Gasteiger partial charge is 0.0205 e. The molecule has 0 aliphatic heterocycles. The average molecular weight is 247 g/mol. The molecule has 0 aliphatic rings. The van der Waals surface area contributed by atoms with Gasteiger partial charge in [0.1, 0.15) is 0 Å². The highest BCUT2D eigenvalue weighted by atomic mass is 14.9. The van der Waals surface area contributed by atoms with Crippen LogP contribution in [0.2, 0.25) is 0 Å². The highest BCUT2D eigenvalue weighted by molar-refractivity contribution is 5.29. The summed E-state index contributed by atoms with van der Waals surface area (Å²) in [5.74, 6) is 0.844. The summed E-state index contributed by atoms with van der Waals surface area (Å²) in [7, 11) is 0. The lowest BCUT2D eigenvalue weighted by atomic mass is 9.99. The summed E-state index contributed by atoms with van der Waals surface area (Å²) in [6.07, 6.45) is 5.34. The zero-order valence-corrected chi connectivity index (χ0v) is 12.6. The Hall–Kier alpha value is -0.820. The topological polar surface area (TPSA) is 12.0 Å². The zero-order chi connectivity index (χ0) is 13.4. The van der Waals surface area contributed by atoms with Crippen LogP contribution in [0.25, 0.3) is 0 Å². The van der Waals surface area contributed by atoms with Gasteiger partial charge >= 0.3 is 0 Å². The summed E-state index contributed by atoms with van der Waals surface area (Å²) >= 11 is 0. The normalized spacial score (nSPS) is 12.7. The van der Waals surface area contributed by atoms with Gasteiger partial charge in [0.25, 0.3) is 0 Å². The zero-order valence-electron chi connectivity index (χ0n) is 12.6. The molecule has 1 rings (SSSR count). The van der Waals surface area contributed by atoms with Gasteiger partial charge in [0.05, 0.1) is 0 Å². The van der Waals surface area contributed by atoms with Crippen molar-refractivity contribution in [1.82, 2.24) is 5.32 Å². The second-order valence-corrected chi connectivity index (χ2v) is 5.47. The number of hydrogen-bond acceptors (Lipinski definition) is 1. The molecule has 102 valence electrons. The second-order valence-electron chi connectivity index (χ2n) is 5.47. The van der Waals surface area contributed by atoms with E-state index in [0.29, 0.717) is 0 Å². The van der Waals surface area contributed by atoms with Crippen molar-refractivity contribution < 1.29 is 0 Å². The number of unbranched alkanes of at least 4 members (excludes halogenated alkanes) is 1. The molecule has 1 unspecified atom stereocenters. The van der Waals surface area contributed by atoms with Gasteiger partial charge < -0.3 is 5.32 Å². The Kier molecular flexibility index (Phi) is 7.04. The maximum Gasteiger partial charge on any atom is 0.0205 e. The van der Waals surface area contributed by atoms with E-state index in [9.17, 15) is 0 Å². The van der Waals surface area contributed by atoms with Crippen molar-refractivity contribution in [3.05, 3.63) is 34.9 Å². The number of nitrogens with one attached hydrogen (secondary N) is 1. The van der Waals surface area contributed by atoms with Crippen LogP contribution in [0.4, 0.5) is 0 Å². The van der Waals surface area contributed by atoms with Gasteiger partial charge in [-0.3, -0.25) is 0 Å². The quantitative estimate of drug-likeness (QED) is 0.707. The molecule has 0 heterocycles. The van der Waals surface area contributed by atoms with Crippen molar-refractivity contribution in [3.63, 3.8) is 0 Å². The first-order chi connectivity index (χ1) is 8.67. The van der Waals surface area contributed by atoms with Gasteiger partial charge in [-0.05, 0) is 49.4 Å². The number of aryl methyl sites for hydroxylation is 2. The highest BCUT2D eigenvalue weighted by Crippen LogP contribution is 2.12. The predicted octanol–water partition coefficient (Wildman–Crippen LogP) is 4.61. The minimum absolute atomic E-state index is 0.844. The molecule has 1 nitrogen and oxygen atoms in total. The lowest BCUT2D eigenvalue weighted by Gasteiger charge is -2.15. The fraction of sp³-hybridized carbons (Fsp3) is 0.647. The lowest BCUT2D eigenvalue weighted by molar-refractivity contribution is 0.419. The van der Waals surface area contributed by atoms with Gasteiger partial charge in [0.2, 0.25) is 0 Å². The van der Waals surface area contributed by atoms with E-state index in [1.807, 2.05) is 0 Å². The molecule has 0 radical (unpaired) electrons. The fourth-order valence-electron chi connectivity index (χ4n) is 2.28. The summed E-state index contributed by atoms with van der Waals surface area (Å²) < 4.78 is 0. The van der Waals surface area contributed by atoms with Crippen molar-refractivity contribution in [3.8, 4) is 0 Å². The Balaban J connectivity index is 2.33. The third kappa shape index (κ3) is 5.22. The molecular formula is C17H29N. The van der Waals surface area contributed by atoms with E-state index in [2.05, 4.69) is 51.2 Å². The predicted molar refractivity (Wildman–Crippen MR) is 80.9 cm³/mol. The van der Waals surface area contributed by atoms with E-state index < -0.39 is 0 Å². The fourth-order valence-corrected chi connectivity index (χ4v) is 2.28. The minimum Gasteiger partial charge on any atom is -0.312 e. The third-order valence-corrected chi connectivity index (χ3v) is 3.88. The summed E-state index contributed by atoms with van der Waals surface area (Å²) in [5, 5.41) is 3.61. The number of rotatable bonds is 8. The molecule has 0 aromatic heterocycles. The maximum absolute atomic E-state index is 3.61. The molecule has 0 fully saturated rings. The van der Waals surface area contributed by atoms with E-state index in [1.54, 1.807) is 0 Å². The average Bonchev–Trinajstić information content (AvgIpc) is 2.37. The van der Waals surface area contributed by atoms with E-state index in [4.69, 9.17) is 0 Å². The van der Waals surface area contributed by atoms with Crippen LogP contribution in [0.1, 0.15) is 56.2 Å². The van der Waals surface area contributed by atoms with Crippen LogP contribution in [0.3, 0.4) is 0 Å². The minimum atomic E-state index is 0.844. The SMILES string of the molecule is CCCCC(CC)CNCc1ccc(C)c(C)c1. The Morgan fingerprint density at radius 2 is 1.89 bits per heavy atom. The van der Waals surface area contributed by atoms with Crippen LogP contribution < -0.4 is 5.32 Å². The second kappa shape index (κ2) is 8.31. The molecule has 0 saturated carbocycles. The Bertz CT molecular complexity index is 343. The largest absolute Gasteiger partial charge is 0.312 e. The van der Waals surface area contributed by atoms with E-state index in [1.165, 1.54) is 42.4 Å². The Labute approximate surface area is 113 Å². The summed E-state index contributed by atoms with van der Waals surface area (Å²) in [4.78, 5) is 0. The molecule has 1 aromatic carbocycles. The molecule has 1 aromatic rings. The van der Waals surface area contributed by atoms with E-state index >= 15 is 0 Å². The molecule has 18 heavy (non-hydrogen) atoms. The standard InChI is InChI=1S/C17H29N/c1-5-7-8-16(6-2)12-18-13-17-10-9-14(3)15(4)11-17/h9-11,16,18H,5-8,12-13H2,1-4H3. The van der Waals surface area contributed by atoms with Crippen LogP contribution in [-0.2, 0) is 6.54 Å². The number of hydrogen-bond donors (Lipinski definition) is 1. The van der Waals surface area contributed by atoms with Crippen LogP contribution in [0.5, 0.6) is 0 Å². The van der Waals surface area contributed by atoms with Crippen molar-refractivity contribution in [2.75, 3.05) is 6.54 Å².